The molecule has 6 aromatic rings. The maximum atomic E-state index is 10.4. The number of benzene rings is 4. The summed E-state index contributed by atoms with van der Waals surface area (Å²) in [5.41, 5.74) is 7.06. The summed E-state index contributed by atoms with van der Waals surface area (Å²) in [6, 6.07) is 47.8. The molecule has 0 aliphatic carbocycles. The van der Waals surface area contributed by atoms with Gasteiger partial charge in [-0.05, 0) is 65.0 Å². The summed E-state index contributed by atoms with van der Waals surface area (Å²) >= 11 is 0. The van der Waals surface area contributed by atoms with Gasteiger partial charge in [-0.1, -0.05) is 86.6 Å². The molecule has 0 saturated heterocycles. The molecule has 0 radical (unpaired) electrons. The Hall–Kier alpha value is -4.53. The molecule has 4 aromatic carbocycles. The van der Waals surface area contributed by atoms with E-state index in [1.807, 2.05) is 85.1 Å². The Morgan fingerprint density at radius 3 is 2.10 bits per heavy atom. The summed E-state index contributed by atoms with van der Waals surface area (Å²) in [5, 5.41) is 10.4. The van der Waals surface area contributed by atoms with Gasteiger partial charge in [0.05, 0.1) is 5.69 Å². The van der Waals surface area contributed by atoms with Gasteiger partial charge < -0.3 is 10.0 Å². The van der Waals surface area contributed by atoms with Crippen molar-refractivity contribution < 1.29 is 26.2 Å². The largest absolute Gasteiger partial charge is 0.507 e. The monoisotopic (exact) mass is 727 g/mol. The minimum absolute atomic E-state index is 0. The topological polar surface area (TPSA) is 49.2 Å². The molecule has 0 aliphatic rings. The molecule has 0 spiro atoms. The van der Waals surface area contributed by atoms with Crippen molar-refractivity contribution in [1.29, 1.82) is 0 Å². The SMILES string of the molecule is CC(C)(c1ccccc1)c1ccnc(N(c2[c-]c(-c3cccc(-c4ccccc4O)n3)ccc2)c2ccccc2)c1.[Pt]. The van der Waals surface area contributed by atoms with Crippen LogP contribution >= 0.6 is 0 Å². The number of aromatic hydroxyl groups is 1. The second kappa shape index (κ2) is 12.5. The minimum Gasteiger partial charge on any atom is -0.507 e. The average molecular weight is 728 g/mol. The quantitative estimate of drug-likeness (QED) is 0.167. The van der Waals surface area contributed by atoms with Gasteiger partial charge in [-0.15, -0.1) is 29.8 Å². The van der Waals surface area contributed by atoms with E-state index in [-0.39, 0.29) is 32.2 Å². The number of phenols is 1. The van der Waals surface area contributed by atoms with Crippen LogP contribution in [0.5, 0.6) is 5.75 Å². The number of nitrogens with zero attached hydrogens (tertiary/aromatic N) is 3. The maximum absolute atomic E-state index is 10.4. The van der Waals surface area contributed by atoms with E-state index in [1.54, 1.807) is 6.07 Å². The first-order chi connectivity index (χ1) is 20.0. The Morgan fingerprint density at radius 1 is 0.667 bits per heavy atom. The van der Waals surface area contributed by atoms with Crippen LogP contribution in [0.3, 0.4) is 0 Å². The van der Waals surface area contributed by atoms with Gasteiger partial charge in [-0.25, -0.2) is 4.98 Å². The summed E-state index contributed by atoms with van der Waals surface area (Å²) in [5.74, 6) is 1.01. The van der Waals surface area contributed by atoms with Crippen molar-refractivity contribution in [3.63, 3.8) is 0 Å². The Balaban J connectivity index is 0.00000353. The Morgan fingerprint density at radius 2 is 1.33 bits per heavy atom. The average Bonchev–Trinajstić information content (AvgIpc) is 3.03. The van der Waals surface area contributed by atoms with Gasteiger partial charge in [-0.2, -0.15) is 0 Å². The normalized spacial score (nSPS) is 11.0. The van der Waals surface area contributed by atoms with Crippen molar-refractivity contribution in [3.8, 4) is 28.3 Å². The molecule has 210 valence electrons. The van der Waals surface area contributed by atoms with Gasteiger partial charge in [0.2, 0.25) is 0 Å². The van der Waals surface area contributed by atoms with Crippen molar-refractivity contribution in [2.75, 3.05) is 4.90 Å². The van der Waals surface area contributed by atoms with Gasteiger partial charge in [0.25, 0.3) is 0 Å². The molecule has 0 saturated carbocycles. The number of hydrogen-bond donors (Lipinski definition) is 1. The first-order valence-electron chi connectivity index (χ1n) is 13.7. The van der Waals surface area contributed by atoms with E-state index in [4.69, 9.17) is 9.97 Å². The second-order valence-corrected chi connectivity index (χ2v) is 10.4. The smallest absolute Gasteiger partial charge is 0.136 e. The molecular formula is C37H30N3OPt-. The van der Waals surface area contributed by atoms with Crippen molar-refractivity contribution in [2.45, 2.75) is 19.3 Å². The van der Waals surface area contributed by atoms with Crippen LogP contribution < -0.4 is 4.90 Å². The number of aromatic nitrogens is 2. The van der Waals surface area contributed by atoms with E-state index >= 15 is 0 Å². The van der Waals surface area contributed by atoms with Crippen molar-refractivity contribution in [2.24, 2.45) is 0 Å². The van der Waals surface area contributed by atoms with E-state index < -0.39 is 0 Å². The molecule has 1 N–H and O–H groups in total. The first-order valence-corrected chi connectivity index (χ1v) is 13.7. The summed E-state index contributed by atoms with van der Waals surface area (Å²) in [4.78, 5) is 11.8. The van der Waals surface area contributed by atoms with Crippen LogP contribution in [0.2, 0.25) is 0 Å². The summed E-state index contributed by atoms with van der Waals surface area (Å²) in [6.07, 6.45) is 1.88. The number of anilines is 3. The predicted octanol–water partition coefficient (Wildman–Crippen LogP) is 9.11. The number of para-hydroxylation sites is 2. The Labute approximate surface area is 261 Å². The maximum Gasteiger partial charge on any atom is 0.136 e. The van der Waals surface area contributed by atoms with Crippen molar-refractivity contribution in [3.05, 3.63) is 157 Å². The molecule has 6 rings (SSSR count). The van der Waals surface area contributed by atoms with Crippen LogP contribution in [-0.4, -0.2) is 15.1 Å². The molecule has 42 heavy (non-hydrogen) atoms. The van der Waals surface area contributed by atoms with Crippen LogP contribution in [0.1, 0.15) is 25.0 Å². The van der Waals surface area contributed by atoms with E-state index in [0.29, 0.717) is 11.3 Å². The Kier molecular flexibility index (Phi) is 8.66. The zero-order chi connectivity index (χ0) is 28.2. The molecule has 0 aliphatic heterocycles. The van der Waals surface area contributed by atoms with Crippen molar-refractivity contribution in [1.82, 2.24) is 9.97 Å². The summed E-state index contributed by atoms with van der Waals surface area (Å²) in [7, 11) is 0. The molecular weight excluding hydrogens is 698 g/mol. The number of hydrogen-bond acceptors (Lipinski definition) is 4. The number of pyridine rings is 2. The first kappa shape index (κ1) is 29.0. The van der Waals surface area contributed by atoms with Gasteiger partial charge in [-0.3, -0.25) is 4.98 Å². The molecule has 5 heteroatoms. The van der Waals surface area contributed by atoms with Crippen LogP contribution in [0.15, 0.2) is 140 Å². The fraction of sp³-hybridized carbons (Fsp3) is 0.0811. The van der Waals surface area contributed by atoms with Crippen LogP contribution in [-0.2, 0) is 26.5 Å². The fourth-order valence-corrected chi connectivity index (χ4v) is 5.08. The fourth-order valence-electron chi connectivity index (χ4n) is 5.08. The molecule has 0 atom stereocenters. The zero-order valence-electron chi connectivity index (χ0n) is 23.4. The third-order valence-electron chi connectivity index (χ3n) is 7.43. The third kappa shape index (κ3) is 5.91. The standard InChI is InChI=1S/C37H30N3O.Pt/c1-37(2,28-14-5-3-6-15-28)29-23-24-38-36(26-29)40(30-16-7-4-8-17-30)31-18-11-13-27(25-31)33-20-12-21-34(39-33)32-19-9-10-22-35(32)41;/h3-24,26,41H,1-2H3;/q-1;. The van der Waals surface area contributed by atoms with E-state index in [9.17, 15) is 5.11 Å². The van der Waals surface area contributed by atoms with Gasteiger partial charge in [0.1, 0.15) is 11.6 Å². The Bertz CT molecular complexity index is 1790. The molecule has 0 amide bonds. The summed E-state index contributed by atoms with van der Waals surface area (Å²) < 4.78 is 0. The second-order valence-electron chi connectivity index (χ2n) is 10.4. The minimum atomic E-state index is -0.208. The van der Waals surface area contributed by atoms with Crippen LogP contribution in [0, 0.1) is 6.07 Å². The third-order valence-corrected chi connectivity index (χ3v) is 7.43. The molecule has 2 heterocycles. The van der Waals surface area contributed by atoms with E-state index in [0.717, 1.165) is 28.5 Å². The number of phenolic OH excluding ortho intramolecular Hbond substituents is 1. The van der Waals surface area contributed by atoms with Crippen molar-refractivity contribution >= 4 is 17.2 Å². The summed E-state index contributed by atoms with van der Waals surface area (Å²) in [6.45, 7) is 4.48. The van der Waals surface area contributed by atoms with Crippen LogP contribution in [0.25, 0.3) is 22.5 Å². The van der Waals surface area contributed by atoms with Gasteiger partial charge in [0.15, 0.2) is 0 Å². The predicted molar refractivity (Wildman–Crippen MR) is 167 cm³/mol. The molecule has 4 nitrogen and oxygen atoms in total. The molecule has 0 bridgehead atoms. The number of rotatable bonds is 7. The van der Waals surface area contributed by atoms with Gasteiger partial charge >= 0.3 is 0 Å². The molecule has 2 aromatic heterocycles. The van der Waals surface area contributed by atoms with E-state index in [2.05, 4.69) is 73.3 Å². The van der Waals surface area contributed by atoms with E-state index in [1.165, 1.54) is 11.1 Å². The zero-order valence-corrected chi connectivity index (χ0v) is 25.7. The molecule has 0 unspecified atom stereocenters. The molecule has 0 fully saturated rings. The van der Waals surface area contributed by atoms with Gasteiger partial charge in [0, 0.05) is 43.9 Å². The van der Waals surface area contributed by atoms with Crippen LogP contribution in [0.4, 0.5) is 17.2 Å².